The molecule has 1 unspecified atom stereocenters. The topological polar surface area (TPSA) is 54.5 Å². The molecule has 0 radical (unpaired) electrons. The zero-order valence-corrected chi connectivity index (χ0v) is 14.2. The largest absolute Gasteiger partial charge is 0.337 e. The first-order chi connectivity index (χ1) is 10.9. The standard InChI is InChI=1S/C16H16FNO3S2/c1-18(13-8-9-23(20,21)10-13)16(19)15-7-6-14(22-15)11-2-4-12(17)5-3-11/h2-7,13H,8-10H2,1H3. The zero-order chi connectivity index (χ0) is 16.6. The summed E-state index contributed by atoms with van der Waals surface area (Å²) < 4.78 is 36.1. The highest BCUT2D eigenvalue weighted by Crippen LogP contribution is 2.29. The third kappa shape index (κ3) is 3.45. The van der Waals surface area contributed by atoms with Crippen molar-refractivity contribution in [1.82, 2.24) is 4.90 Å². The summed E-state index contributed by atoms with van der Waals surface area (Å²) in [7, 11) is -1.38. The zero-order valence-electron chi connectivity index (χ0n) is 12.5. The van der Waals surface area contributed by atoms with E-state index >= 15 is 0 Å². The van der Waals surface area contributed by atoms with Crippen LogP contribution in [0.15, 0.2) is 36.4 Å². The van der Waals surface area contributed by atoms with Crippen molar-refractivity contribution in [3.05, 3.63) is 47.1 Å². The molecule has 0 spiro atoms. The third-order valence-electron chi connectivity index (χ3n) is 4.02. The minimum Gasteiger partial charge on any atom is -0.337 e. The van der Waals surface area contributed by atoms with Crippen LogP contribution >= 0.6 is 11.3 Å². The average molecular weight is 353 g/mol. The fourth-order valence-corrected chi connectivity index (χ4v) is 5.41. The number of hydrogen-bond acceptors (Lipinski definition) is 4. The lowest BCUT2D eigenvalue weighted by Crippen LogP contribution is -2.37. The van der Waals surface area contributed by atoms with Crippen LogP contribution in [-0.4, -0.2) is 43.8 Å². The van der Waals surface area contributed by atoms with E-state index in [0.717, 1.165) is 10.4 Å². The van der Waals surface area contributed by atoms with Gasteiger partial charge in [0.25, 0.3) is 5.91 Å². The molecule has 0 N–H and O–H groups in total. The van der Waals surface area contributed by atoms with E-state index in [0.29, 0.717) is 11.3 Å². The quantitative estimate of drug-likeness (QED) is 0.853. The normalized spacial score (nSPS) is 19.7. The summed E-state index contributed by atoms with van der Waals surface area (Å²) in [5.74, 6) is -0.305. The van der Waals surface area contributed by atoms with Crippen molar-refractivity contribution < 1.29 is 17.6 Å². The SMILES string of the molecule is CN(C(=O)c1ccc(-c2ccc(F)cc2)s1)C1CCS(=O)(=O)C1. The Hall–Kier alpha value is -1.73. The monoisotopic (exact) mass is 353 g/mol. The minimum atomic E-state index is -3.02. The number of thiophene rings is 1. The lowest BCUT2D eigenvalue weighted by atomic mass is 10.2. The molecule has 0 bridgehead atoms. The molecule has 3 rings (SSSR count). The second-order valence-electron chi connectivity index (χ2n) is 5.64. The van der Waals surface area contributed by atoms with Crippen molar-refractivity contribution in [2.24, 2.45) is 0 Å². The van der Waals surface area contributed by atoms with E-state index in [1.807, 2.05) is 6.07 Å². The smallest absolute Gasteiger partial charge is 0.263 e. The Balaban J connectivity index is 1.77. The number of benzene rings is 1. The third-order valence-corrected chi connectivity index (χ3v) is 6.89. The predicted octanol–water partition coefficient (Wildman–Crippen LogP) is 2.81. The van der Waals surface area contributed by atoms with Gasteiger partial charge in [-0.05, 0) is 36.2 Å². The van der Waals surface area contributed by atoms with E-state index in [9.17, 15) is 17.6 Å². The molecule has 1 saturated heterocycles. The van der Waals surface area contributed by atoms with Crippen LogP contribution in [0.3, 0.4) is 0 Å². The summed E-state index contributed by atoms with van der Waals surface area (Å²) in [5.41, 5.74) is 0.849. The van der Waals surface area contributed by atoms with Crippen molar-refractivity contribution in [3.8, 4) is 10.4 Å². The van der Waals surface area contributed by atoms with Gasteiger partial charge in [0.05, 0.1) is 16.4 Å². The molecule has 0 saturated carbocycles. The van der Waals surface area contributed by atoms with Gasteiger partial charge >= 0.3 is 0 Å². The van der Waals surface area contributed by atoms with Crippen LogP contribution in [0.25, 0.3) is 10.4 Å². The Morgan fingerprint density at radius 2 is 1.91 bits per heavy atom. The highest BCUT2D eigenvalue weighted by Gasteiger charge is 2.33. The molecule has 1 aliphatic rings. The summed E-state index contributed by atoms with van der Waals surface area (Å²) >= 11 is 1.32. The van der Waals surface area contributed by atoms with Gasteiger partial charge in [-0.3, -0.25) is 4.79 Å². The van der Waals surface area contributed by atoms with Crippen LogP contribution in [0.5, 0.6) is 0 Å². The molecular weight excluding hydrogens is 337 g/mol. The van der Waals surface area contributed by atoms with E-state index in [2.05, 4.69) is 0 Å². The van der Waals surface area contributed by atoms with Gasteiger partial charge in [-0.15, -0.1) is 11.3 Å². The summed E-state index contributed by atoms with van der Waals surface area (Å²) in [6.45, 7) is 0. The summed E-state index contributed by atoms with van der Waals surface area (Å²) in [4.78, 5) is 15.5. The van der Waals surface area contributed by atoms with E-state index < -0.39 is 9.84 Å². The molecule has 23 heavy (non-hydrogen) atoms. The highest BCUT2D eigenvalue weighted by molar-refractivity contribution is 7.91. The van der Waals surface area contributed by atoms with Crippen LogP contribution in [-0.2, 0) is 9.84 Å². The fraction of sp³-hybridized carbons (Fsp3) is 0.312. The molecule has 2 heterocycles. The van der Waals surface area contributed by atoms with Gasteiger partial charge in [0.2, 0.25) is 0 Å². The Morgan fingerprint density at radius 1 is 1.22 bits per heavy atom. The van der Waals surface area contributed by atoms with Crippen LogP contribution in [0, 0.1) is 5.82 Å². The molecule has 4 nitrogen and oxygen atoms in total. The Morgan fingerprint density at radius 3 is 2.52 bits per heavy atom. The minimum absolute atomic E-state index is 0.0332. The lowest BCUT2D eigenvalue weighted by Gasteiger charge is -2.22. The number of carbonyl (C=O) groups excluding carboxylic acids is 1. The second-order valence-corrected chi connectivity index (χ2v) is 8.96. The van der Waals surface area contributed by atoms with Crippen molar-refractivity contribution in [2.75, 3.05) is 18.6 Å². The van der Waals surface area contributed by atoms with Gasteiger partial charge in [0.1, 0.15) is 5.82 Å². The number of halogens is 1. The van der Waals surface area contributed by atoms with E-state index in [-0.39, 0.29) is 29.3 Å². The molecule has 7 heteroatoms. The maximum Gasteiger partial charge on any atom is 0.263 e. The maximum atomic E-state index is 13.0. The molecule has 1 fully saturated rings. The van der Waals surface area contributed by atoms with Crippen molar-refractivity contribution >= 4 is 27.1 Å². The van der Waals surface area contributed by atoms with Crippen LogP contribution in [0.2, 0.25) is 0 Å². The van der Waals surface area contributed by atoms with Gasteiger partial charge in [-0.1, -0.05) is 12.1 Å². The van der Waals surface area contributed by atoms with Crippen LogP contribution in [0.4, 0.5) is 4.39 Å². The average Bonchev–Trinajstić information content (AvgIpc) is 3.13. The van der Waals surface area contributed by atoms with Crippen molar-refractivity contribution in [1.29, 1.82) is 0 Å². The number of amides is 1. The van der Waals surface area contributed by atoms with Crippen LogP contribution < -0.4 is 0 Å². The van der Waals surface area contributed by atoms with Crippen molar-refractivity contribution in [3.63, 3.8) is 0 Å². The summed E-state index contributed by atoms with van der Waals surface area (Å²) in [6, 6.07) is 9.39. The first-order valence-corrected chi connectivity index (χ1v) is 9.83. The van der Waals surface area contributed by atoms with Gasteiger partial charge < -0.3 is 4.90 Å². The highest BCUT2D eigenvalue weighted by atomic mass is 32.2. The molecule has 1 aliphatic heterocycles. The number of sulfone groups is 1. The molecule has 1 atom stereocenters. The molecule has 1 amide bonds. The summed E-state index contributed by atoms with van der Waals surface area (Å²) in [6.07, 6.45) is 0.487. The maximum absolute atomic E-state index is 13.0. The Labute approximate surface area is 138 Å². The predicted molar refractivity (Wildman–Crippen MR) is 88.9 cm³/mol. The van der Waals surface area contributed by atoms with Gasteiger partial charge in [0.15, 0.2) is 9.84 Å². The summed E-state index contributed by atoms with van der Waals surface area (Å²) in [5, 5.41) is 0. The van der Waals surface area contributed by atoms with E-state index in [1.54, 1.807) is 25.2 Å². The first-order valence-electron chi connectivity index (χ1n) is 7.19. The number of nitrogens with zero attached hydrogens (tertiary/aromatic N) is 1. The van der Waals surface area contributed by atoms with E-state index in [1.165, 1.54) is 28.4 Å². The molecule has 0 aliphatic carbocycles. The van der Waals surface area contributed by atoms with Gasteiger partial charge in [-0.2, -0.15) is 0 Å². The number of rotatable bonds is 3. The van der Waals surface area contributed by atoms with Crippen molar-refractivity contribution in [2.45, 2.75) is 12.5 Å². The molecule has 1 aromatic heterocycles. The number of carbonyl (C=O) groups is 1. The van der Waals surface area contributed by atoms with Gasteiger partial charge in [-0.25, -0.2) is 12.8 Å². The molecule has 122 valence electrons. The molecular formula is C16H16FNO3S2. The number of hydrogen-bond donors (Lipinski definition) is 0. The van der Waals surface area contributed by atoms with Crippen LogP contribution in [0.1, 0.15) is 16.1 Å². The first kappa shape index (κ1) is 16.1. The Kier molecular flexibility index (Phi) is 4.25. The van der Waals surface area contributed by atoms with E-state index in [4.69, 9.17) is 0 Å². The lowest BCUT2D eigenvalue weighted by molar-refractivity contribution is 0.0752. The molecule has 2 aromatic rings. The fourth-order valence-electron chi connectivity index (χ4n) is 2.64. The Bertz CT molecular complexity index is 827. The second kappa shape index (κ2) is 6.05. The van der Waals surface area contributed by atoms with Gasteiger partial charge in [0, 0.05) is 18.0 Å². The molecule has 1 aromatic carbocycles.